The van der Waals surface area contributed by atoms with Crippen LogP contribution in [0.4, 0.5) is 5.82 Å². The lowest BCUT2D eigenvalue weighted by molar-refractivity contribution is -0.118. The lowest BCUT2D eigenvalue weighted by Crippen LogP contribution is -2.29. The van der Waals surface area contributed by atoms with Crippen LogP contribution in [0.25, 0.3) is 0 Å². The number of carbonyl (C=O) groups is 1. The maximum Gasteiger partial charge on any atom is 0.263 e. The van der Waals surface area contributed by atoms with Crippen molar-refractivity contribution in [2.24, 2.45) is 0 Å². The van der Waals surface area contributed by atoms with Crippen LogP contribution in [0, 0.1) is 0 Å². The van der Waals surface area contributed by atoms with E-state index < -0.39 is 0 Å². The van der Waals surface area contributed by atoms with Crippen LogP contribution in [0.3, 0.4) is 0 Å². The van der Waals surface area contributed by atoms with Crippen molar-refractivity contribution in [2.75, 3.05) is 11.9 Å². The van der Waals surface area contributed by atoms with E-state index in [0.29, 0.717) is 5.75 Å². The average molecular weight is 402 g/mol. The van der Waals surface area contributed by atoms with Crippen LogP contribution in [0.5, 0.6) is 11.5 Å². The Kier molecular flexibility index (Phi) is 4.61. The summed E-state index contributed by atoms with van der Waals surface area (Å²) in [6.45, 7) is 10.3. The fourth-order valence-corrected chi connectivity index (χ4v) is 4.67. The van der Waals surface area contributed by atoms with Crippen molar-refractivity contribution in [3.63, 3.8) is 0 Å². The quantitative estimate of drug-likeness (QED) is 0.835. The number of nitrogens with zero attached hydrogens (tertiary/aromatic N) is 2. The van der Waals surface area contributed by atoms with Crippen LogP contribution < -0.4 is 14.8 Å². The zero-order valence-corrected chi connectivity index (χ0v) is 17.9. The number of amides is 1. The molecule has 1 aromatic carbocycles. The zero-order chi connectivity index (χ0) is 20.1. The molecule has 0 radical (unpaired) electrons. The molecule has 0 atom stereocenters. The van der Waals surface area contributed by atoms with Crippen LogP contribution in [0.2, 0.25) is 0 Å². The second kappa shape index (κ2) is 6.72. The Labute approximate surface area is 170 Å². The summed E-state index contributed by atoms with van der Waals surface area (Å²) in [4.78, 5) is 12.7. The van der Waals surface area contributed by atoms with Gasteiger partial charge in [-0.05, 0) is 40.7 Å². The Hall–Kier alpha value is -2.15. The van der Waals surface area contributed by atoms with E-state index in [1.807, 2.05) is 34.6 Å². The summed E-state index contributed by atoms with van der Waals surface area (Å²) >= 11 is 1.82. The van der Waals surface area contributed by atoms with Crippen molar-refractivity contribution >= 4 is 23.5 Å². The fraction of sp³-hybridized carbons (Fsp3) is 0.524. The Bertz CT molecular complexity index is 928. The molecule has 0 saturated heterocycles. The highest BCUT2D eigenvalue weighted by molar-refractivity contribution is 7.98. The number of para-hydroxylation sites is 1. The molecule has 1 aromatic heterocycles. The highest BCUT2D eigenvalue weighted by Gasteiger charge is 2.33. The van der Waals surface area contributed by atoms with Crippen molar-refractivity contribution in [3.8, 4) is 11.5 Å². The predicted octanol–water partition coefficient (Wildman–Crippen LogP) is 4.12. The van der Waals surface area contributed by atoms with E-state index in [4.69, 9.17) is 14.6 Å². The minimum Gasteiger partial charge on any atom is -0.483 e. The van der Waals surface area contributed by atoms with Crippen molar-refractivity contribution < 1.29 is 14.3 Å². The molecule has 1 N–H and O–H groups in total. The maximum absolute atomic E-state index is 12.7. The molecule has 0 spiro atoms. The standard InChI is InChI=1S/C21H27N3O3S/c1-20(2,3)24-19(14-11-28-12-15(14)23-24)22-17(25)10-26-16-8-6-7-13-9-21(4,5)27-18(13)16/h6-8H,9-12H2,1-5H3,(H,22,25). The van der Waals surface area contributed by atoms with Gasteiger partial charge in [-0.25, -0.2) is 4.68 Å². The van der Waals surface area contributed by atoms with Crippen molar-refractivity contribution in [3.05, 3.63) is 35.0 Å². The van der Waals surface area contributed by atoms with E-state index in [0.717, 1.165) is 46.3 Å². The van der Waals surface area contributed by atoms with Gasteiger partial charge in [0.05, 0.1) is 11.2 Å². The van der Waals surface area contributed by atoms with Gasteiger partial charge in [0, 0.05) is 29.1 Å². The molecule has 7 heteroatoms. The summed E-state index contributed by atoms with van der Waals surface area (Å²) < 4.78 is 13.8. The number of fused-ring (bicyclic) bond motifs is 2. The predicted molar refractivity (Wildman–Crippen MR) is 111 cm³/mol. The van der Waals surface area contributed by atoms with Gasteiger partial charge in [0.1, 0.15) is 11.4 Å². The second-order valence-electron chi connectivity index (χ2n) is 8.97. The minimum atomic E-state index is -0.249. The number of anilines is 1. The third kappa shape index (κ3) is 3.60. The molecule has 6 nitrogen and oxygen atoms in total. The van der Waals surface area contributed by atoms with Gasteiger partial charge in [0.25, 0.3) is 5.91 Å². The Balaban J connectivity index is 1.48. The van der Waals surface area contributed by atoms with E-state index in [1.54, 1.807) is 0 Å². The summed E-state index contributed by atoms with van der Waals surface area (Å²) in [5.41, 5.74) is 2.84. The van der Waals surface area contributed by atoms with Crippen LogP contribution in [0.1, 0.15) is 51.4 Å². The zero-order valence-electron chi connectivity index (χ0n) is 17.1. The number of ether oxygens (including phenoxy) is 2. The number of benzene rings is 1. The number of rotatable bonds is 4. The summed E-state index contributed by atoms with van der Waals surface area (Å²) in [6, 6.07) is 5.83. The van der Waals surface area contributed by atoms with Gasteiger partial charge in [-0.1, -0.05) is 12.1 Å². The van der Waals surface area contributed by atoms with Gasteiger partial charge >= 0.3 is 0 Å². The molecule has 28 heavy (non-hydrogen) atoms. The molecule has 1 amide bonds. The van der Waals surface area contributed by atoms with E-state index in [9.17, 15) is 4.79 Å². The van der Waals surface area contributed by atoms with Gasteiger partial charge in [-0.3, -0.25) is 4.79 Å². The smallest absolute Gasteiger partial charge is 0.263 e. The van der Waals surface area contributed by atoms with Crippen LogP contribution in [0.15, 0.2) is 18.2 Å². The lowest BCUT2D eigenvalue weighted by Gasteiger charge is -2.23. The topological polar surface area (TPSA) is 65.4 Å². The third-order valence-corrected chi connectivity index (χ3v) is 5.83. The van der Waals surface area contributed by atoms with Gasteiger partial charge in [-0.2, -0.15) is 16.9 Å². The fourth-order valence-electron chi connectivity index (χ4n) is 3.64. The van der Waals surface area contributed by atoms with E-state index in [1.165, 1.54) is 0 Å². The molecule has 3 heterocycles. The molecule has 0 saturated carbocycles. The third-order valence-electron chi connectivity index (χ3n) is 4.86. The summed E-state index contributed by atoms with van der Waals surface area (Å²) in [5, 5.41) is 7.75. The molecule has 2 aliphatic rings. The van der Waals surface area contributed by atoms with E-state index in [-0.39, 0.29) is 23.7 Å². The van der Waals surface area contributed by atoms with Crippen LogP contribution >= 0.6 is 11.8 Å². The van der Waals surface area contributed by atoms with Gasteiger partial charge in [0.2, 0.25) is 0 Å². The normalized spacial score (nSPS) is 17.0. The Morgan fingerprint density at radius 2 is 2.14 bits per heavy atom. The van der Waals surface area contributed by atoms with Crippen LogP contribution in [-0.2, 0) is 28.3 Å². The van der Waals surface area contributed by atoms with E-state index >= 15 is 0 Å². The number of thioether (sulfide) groups is 1. The lowest BCUT2D eigenvalue weighted by atomic mass is 10.0. The number of hydrogen-bond acceptors (Lipinski definition) is 5. The highest BCUT2D eigenvalue weighted by Crippen LogP contribution is 2.42. The number of carbonyl (C=O) groups excluding carboxylic acids is 1. The molecule has 150 valence electrons. The number of aromatic nitrogens is 2. The van der Waals surface area contributed by atoms with Crippen molar-refractivity contribution in [1.29, 1.82) is 0 Å². The Morgan fingerprint density at radius 3 is 2.89 bits per heavy atom. The maximum atomic E-state index is 12.7. The molecule has 2 aromatic rings. The molecular formula is C21H27N3O3S. The summed E-state index contributed by atoms with van der Waals surface area (Å²) in [5.74, 6) is 3.72. The first-order valence-corrected chi connectivity index (χ1v) is 10.7. The second-order valence-corrected chi connectivity index (χ2v) is 9.95. The van der Waals surface area contributed by atoms with E-state index in [2.05, 4.69) is 39.9 Å². The van der Waals surface area contributed by atoms with Gasteiger partial charge < -0.3 is 14.8 Å². The average Bonchev–Trinajstić information content (AvgIpc) is 3.24. The molecule has 4 rings (SSSR count). The first-order valence-electron chi connectivity index (χ1n) is 9.57. The molecule has 0 aliphatic carbocycles. The van der Waals surface area contributed by atoms with Crippen molar-refractivity contribution in [2.45, 2.75) is 63.7 Å². The molecule has 2 aliphatic heterocycles. The van der Waals surface area contributed by atoms with Crippen LogP contribution in [-0.4, -0.2) is 27.9 Å². The van der Waals surface area contributed by atoms with Gasteiger partial charge in [0.15, 0.2) is 18.1 Å². The number of nitrogens with one attached hydrogen (secondary N) is 1. The first kappa shape index (κ1) is 19.2. The summed E-state index contributed by atoms with van der Waals surface area (Å²) in [7, 11) is 0. The molecule has 0 unspecified atom stereocenters. The monoisotopic (exact) mass is 401 g/mol. The first-order chi connectivity index (χ1) is 13.1. The number of hydrogen-bond donors (Lipinski definition) is 1. The largest absolute Gasteiger partial charge is 0.483 e. The molecular weight excluding hydrogens is 374 g/mol. The SMILES string of the molecule is CC1(C)Cc2cccc(OCC(=O)Nc3c4c(nn3C(C)(C)C)CSC4)c2O1. The van der Waals surface area contributed by atoms with Crippen molar-refractivity contribution in [1.82, 2.24) is 9.78 Å². The minimum absolute atomic E-state index is 0.0719. The van der Waals surface area contributed by atoms with Gasteiger partial charge in [-0.15, -0.1) is 0 Å². The summed E-state index contributed by atoms with van der Waals surface area (Å²) in [6.07, 6.45) is 0.834. The molecule has 0 fully saturated rings. The molecule has 0 bridgehead atoms. The highest BCUT2D eigenvalue weighted by atomic mass is 32.2. The Morgan fingerprint density at radius 1 is 1.36 bits per heavy atom.